The van der Waals surface area contributed by atoms with Crippen molar-refractivity contribution in [1.82, 2.24) is 19.6 Å². The van der Waals surface area contributed by atoms with Crippen LogP contribution in [0.3, 0.4) is 0 Å². The summed E-state index contributed by atoms with van der Waals surface area (Å²) in [6, 6.07) is 9.62. The van der Waals surface area contributed by atoms with Gasteiger partial charge in [0.25, 0.3) is 0 Å². The maximum Gasteiger partial charge on any atom is 0.236 e. The monoisotopic (exact) mass is 402 g/mol. The normalized spacial score (nSPS) is 17.2. The summed E-state index contributed by atoms with van der Waals surface area (Å²) < 4.78 is 18.8. The van der Waals surface area contributed by atoms with Gasteiger partial charge in [-0.25, -0.2) is 0 Å². The zero-order valence-corrected chi connectivity index (χ0v) is 17.6. The molecule has 0 radical (unpaired) electrons. The largest absolute Gasteiger partial charge is 0.497 e. The lowest BCUT2D eigenvalue weighted by molar-refractivity contribution is -0.132. The van der Waals surface area contributed by atoms with Crippen molar-refractivity contribution in [3.05, 3.63) is 41.7 Å². The number of benzene rings is 1. The number of ether oxygens (including phenoxy) is 3. The topological polar surface area (TPSA) is 69.1 Å². The fraction of sp³-hybridized carbons (Fsp3) is 0.524. The van der Waals surface area contributed by atoms with Gasteiger partial charge in [-0.15, -0.1) is 0 Å². The molecule has 2 aromatic rings. The number of rotatable bonds is 8. The molecule has 1 amide bonds. The van der Waals surface area contributed by atoms with Crippen LogP contribution < -0.4 is 9.47 Å². The molecule has 0 unspecified atom stereocenters. The maximum absolute atomic E-state index is 12.0. The van der Waals surface area contributed by atoms with Crippen molar-refractivity contribution in [3.8, 4) is 11.5 Å². The Morgan fingerprint density at radius 3 is 2.69 bits per heavy atom. The summed E-state index contributed by atoms with van der Waals surface area (Å²) in [5, 5.41) is 4.63. The molecule has 0 saturated carbocycles. The van der Waals surface area contributed by atoms with E-state index in [4.69, 9.17) is 14.2 Å². The first kappa shape index (κ1) is 21.1. The molecule has 1 aromatic carbocycles. The van der Waals surface area contributed by atoms with Gasteiger partial charge in [-0.05, 0) is 30.3 Å². The number of aryl methyl sites for hydroxylation is 1. The number of hydrogen-bond donors (Lipinski definition) is 0. The van der Waals surface area contributed by atoms with Crippen LogP contribution in [0.5, 0.6) is 11.5 Å². The van der Waals surface area contributed by atoms with Crippen molar-refractivity contribution >= 4 is 5.91 Å². The fourth-order valence-corrected chi connectivity index (χ4v) is 3.22. The van der Waals surface area contributed by atoms with Crippen LogP contribution in [0.2, 0.25) is 0 Å². The molecule has 1 fully saturated rings. The molecule has 1 aromatic heterocycles. The molecule has 2 heterocycles. The molecule has 0 spiro atoms. The number of methoxy groups -OCH3 is 1. The smallest absolute Gasteiger partial charge is 0.236 e. The van der Waals surface area contributed by atoms with Crippen LogP contribution in [0.15, 0.2) is 30.3 Å². The molecule has 29 heavy (non-hydrogen) atoms. The molecule has 1 atom stereocenters. The van der Waals surface area contributed by atoms with E-state index in [0.29, 0.717) is 26.3 Å². The van der Waals surface area contributed by atoms with Gasteiger partial charge in [0, 0.05) is 46.3 Å². The molecule has 1 aliphatic rings. The second kappa shape index (κ2) is 9.76. The maximum atomic E-state index is 12.0. The zero-order chi connectivity index (χ0) is 20.8. The van der Waals surface area contributed by atoms with Crippen LogP contribution in [0.1, 0.15) is 17.5 Å². The number of likely N-dealkylation sites (N-methyl/N-ethyl adjacent to an activating group) is 1. The Morgan fingerprint density at radius 2 is 2.00 bits per heavy atom. The van der Waals surface area contributed by atoms with Crippen molar-refractivity contribution in [3.63, 3.8) is 0 Å². The Bertz CT molecular complexity index is 804. The lowest BCUT2D eigenvalue weighted by atomic mass is 10.2. The summed E-state index contributed by atoms with van der Waals surface area (Å²) in [6.07, 6.45) is 0.617. The van der Waals surface area contributed by atoms with Gasteiger partial charge in [-0.3, -0.25) is 14.4 Å². The summed E-state index contributed by atoms with van der Waals surface area (Å²) in [5.74, 6) is 1.72. The van der Waals surface area contributed by atoms with Gasteiger partial charge in [0.2, 0.25) is 5.91 Å². The molecule has 8 heteroatoms. The second-order valence-electron chi connectivity index (χ2n) is 7.34. The molecular weight excluding hydrogens is 372 g/mol. The first-order valence-corrected chi connectivity index (χ1v) is 9.80. The number of aromatic nitrogens is 2. The van der Waals surface area contributed by atoms with E-state index in [1.807, 2.05) is 36.0 Å². The highest BCUT2D eigenvalue weighted by Crippen LogP contribution is 2.22. The van der Waals surface area contributed by atoms with Gasteiger partial charge >= 0.3 is 0 Å². The van der Waals surface area contributed by atoms with Crippen LogP contribution in [0.4, 0.5) is 0 Å². The lowest BCUT2D eigenvalue weighted by Crippen LogP contribution is -2.44. The van der Waals surface area contributed by atoms with Gasteiger partial charge < -0.3 is 19.1 Å². The summed E-state index contributed by atoms with van der Waals surface area (Å²) in [4.78, 5) is 15.7. The van der Waals surface area contributed by atoms with E-state index < -0.39 is 0 Å². The van der Waals surface area contributed by atoms with Crippen molar-refractivity contribution < 1.29 is 19.0 Å². The van der Waals surface area contributed by atoms with Crippen LogP contribution >= 0.6 is 0 Å². The molecule has 8 nitrogen and oxygen atoms in total. The molecule has 0 aliphatic carbocycles. The number of nitrogens with zero attached hydrogens (tertiary/aromatic N) is 4. The van der Waals surface area contributed by atoms with E-state index in [1.54, 1.807) is 26.1 Å². The highest BCUT2D eigenvalue weighted by atomic mass is 16.5. The number of carbonyl (C=O) groups excluding carboxylic acids is 1. The molecule has 0 bridgehead atoms. The Hall–Kier alpha value is -2.58. The van der Waals surface area contributed by atoms with Gasteiger partial charge in [0.05, 0.1) is 32.6 Å². The quantitative estimate of drug-likeness (QED) is 0.667. The van der Waals surface area contributed by atoms with Gasteiger partial charge in [-0.1, -0.05) is 0 Å². The predicted octanol–water partition coefficient (Wildman–Crippen LogP) is 1.51. The minimum Gasteiger partial charge on any atom is -0.497 e. The van der Waals surface area contributed by atoms with E-state index in [9.17, 15) is 4.79 Å². The fourth-order valence-electron chi connectivity index (χ4n) is 3.22. The number of morpholine rings is 1. The van der Waals surface area contributed by atoms with E-state index in [2.05, 4.69) is 16.1 Å². The Morgan fingerprint density at radius 1 is 1.28 bits per heavy atom. The second-order valence-corrected chi connectivity index (χ2v) is 7.34. The molecule has 1 aliphatic heterocycles. The third-order valence-corrected chi connectivity index (χ3v) is 5.02. The third kappa shape index (κ3) is 5.71. The van der Waals surface area contributed by atoms with E-state index >= 15 is 0 Å². The van der Waals surface area contributed by atoms with Crippen LogP contribution in [0, 0.1) is 0 Å². The summed E-state index contributed by atoms with van der Waals surface area (Å²) in [6.45, 7) is 2.98. The molecule has 158 valence electrons. The first-order chi connectivity index (χ1) is 14.0. The van der Waals surface area contributed by atoms with Crippen molar-refractivity contribution in [1.29, 1.82) is 0 Å². The number of amides is 1. The minimum atomic E-state index is -0.124. The minimum absolute atomic E-state index is 0.100. The Balaban J connectivity index is 1.54. The third-order valence-electron chi connectivity index (χ3n) is 5.02. The highest BCUT2D eigenvalue weighted by molar-refractivity contribution is 5.77. The van der Waals surface area contributed by atoms with Crippen molar-refractivity contribution in [2.24, 2.45) is 7.05 Å². The van der Waals surface area contributed by atoms with E-state index in [-0.39, 0.29) is 12.0 Å². The van der Waals surface area contributed by atoms with Gasteiger partial charge in [0.15, 0.2) is 0 Å². The Kier molecular flexibility index (Phi) is 7.11. The van der Waals surface area contributed by atoms with Crippen LogP contribution in [-0.2, 0) is 23.0 Å². The van der Waals surface area contributed by atoms with Gasteiger partial charge in [-0.2, -0.15) is 5.10 Å². The molecule has 1 saturated heterocycles. The number of carbonyl (C=O) groups is 1. The van der Waals surface area contributed by atoms with Crippen LogP contribution in [0.25, 0.3) is 0 Å². The Labute approximate surface area is 171 Å². The summed E-state index contributed by atoms with van der Waals surface area (Å²) in [5.41, 5.74) is 1.98. The molecule has 0 N–H and O–H groups in total. The molecule has 3 rings (SSSR count). The molecular formula is C21H30N4O4. The SMILES string of the molecule is COc1ccc(OCCc2cc([C@H]3CN(CC(=O)N(C)C)CCO3)nn2C)cc1. The average Bonchev–Trinajstić information content (AvgIpc) is 3.09. The first-order valence-electron chi connectivity index (χ1n) is 9.80. The number of hydrogen-bond acceptors (Lipinski definition) is 6. The zero-order valence-electron chi connectivity index (χ0n) is 17.6. The van der Waals surface area contributed by atoms with Crippen molar-refractivity contribution in [2.75, 3.05) is 54.1 Å². The summed E-state index contributed by atoms with van der Waals surface area (Å²) >= 11 is 0. The highest BCUT2D eigenvalue weighted by Gasteiger charge is 2.26. The summed E-state index contributed by atoms with van der Waals surface area (Å²) in [7, 11) is 7.13. The van der Waals surface area contributed by atoms with Crippen LogP contribution in [-0.4, -0.2) is 79.5 Å². The van der Waals surface area contributed by atoms with Gasteiger partial charge in [0.1, 0.15) is 17.6 Å². The van der Waals surface area contributed by atoms with E-state index in [0.717, 1.165) is 35.9 Å². The predicted molar refractivity (Wildman–Crippen MR) is 109 cm³/mol. The van der Waals surface area contributed by atoms with E-state index in [1.165, 1.54) is 0 Å². The average molecular weight is 402 g/mol. The lowest BCUT2D eigenvalue weighted by Gasteiger charge is -2.32. The standard InChI is InChI=1S/C21H30N4O4/c1-23(2)21(26)15-25-10-12-29-20(14-25)19-13-16(24(3)22-19)9-11-28-18-7-5-17(27-4)6-8-18/h5-8,13,20H,9-12,14-15H2,1-4H3/t20-/m1/s1. The van der Waals surface area contributed by atoms with Crippen molar-refractivity contribution in [2.45, 2.75) is 12.5 Å².